The van der Waals surface area contributed by atoms with Crippen LogP contribution in [0.5, 0.6) is 0 Å². The highest BCUT2D eigenvalue weighted by molar-refractivity contribution is 8.23. The fraction of sp³-hybridized carbons (Fsp3) is 0.471. The van der Waals surface area contributed by atoms with Gasteiger partial charge in [-0.3, -0.25) is 9.59 Å². The number of benzene rings is 1. The summed E-state index contributed by atoms with van der Waals surface area (Å²) in [6, 6.07) is 9.17. The van der Waals surface area contributed by atoms with Crippen LogP contribution in [0.1, 0.15) is 37.6 Å². The molecule has 0 spiro atoms. The van der Waals surface area contributed by atoms with E-state index in [4.69, 9.17) is 21.7 Å². The molecule has 2 atom stereocenters. The zero-order chi connectivity index (χ0) is 17.2. The summed E-state index contributed by atoms with van der Waals surface area (Å²) in [7, 11) is 0. The summed E-state index contributed by atoms with van der Waals surface area (Å²) >= 11 is 6.47. The van der Waals surface area contributed by atoms with Crippen molar-refractivity contribution in [3.8, 4) is 0 Å². The number of hydrogen-bond donors (Lipinski definition) is 0. The van der Waals surface area contributed by atoms with Crippen LogP contribution in [0.4, 0.5) is 0 Å². The van der Waals surface area contributed by atoms with Gasteiger partial charge in [0.1, 0.15) is 6.61 Å². The minimum atomic E-state index is -0.347. The average molecular weight is 354 g/mol. The van der Waals surface area contributed by atoms with Crippen LogP contribution in [0.2, 0.25) is 0 Å². The molecule has 0 saturated heterocycles. The molecule has 0 aliphatic carbocycles. The van der Waals surface area contributed by atoms with E-state index in [0.717, 1.165) is 0 Å². The van der Waals surface area contributed by atoms with Crippen LogP contribution < -0.4 is 0 Å². The Morgan fingerprint density at radius 2 is 1.87 bits per heavy atom. The fourth-order valence-electron chi connectivity index (χ4n) is 2.04. The van der Waals surface area contributed by atoms with Crippen LogP contribution in [0, 0.1) is 5.92 Å². The van der Waals surface area contributed by atoms with Gasteiger partial charge in [-0.25, -0.2) is 0 Å². The number of carbonyl (C=O) groups excluding carboxylic acids is 2. The van der Waals surface area contributed by atoms with E-state index in [1.807, 2.05) is 32.0 Å². The van der Waals surface area contributed by atoms with Crippen LogP contribution in [-0.2, 0) is 14.3 Å². The topological polar surface area (TPSA) is 52.6 Å². The monoisotopic (exact) mass is 354 g/mol. The summed E-state index contributed by atoms with van der Waals surface area (Å²) in [4.78, 5) is 23.5. The van der Waals surface area contributed by atoms with Gasteiger partial charge in [-0.05, 0) is 25.6 Å². The number of thioether (sulfide) groups is 1. The molecule has 2 unspecified atom stereocenters. The van der Waals surface area contributed by atoms with Crippen molar-refractivity contribution in [3.63, 3.8) is 0 Å². The first-order valence-electron chi connectivity index (χ1n) is 7.50. The Balaban J connectivity index is 2.68. The van der Waals surface area contributed by atoms with E-state index in [1.54, 1.807) is 12.1 Å². The molecule has 0 aliphatic heterocycles. The number of rotatable bonds is 8. The summed E-state index contributed by atoms with van der Waals surface area (Å²) in [5.41, 5.74) is 0.684. The van der Waals surface area contributed by atoms with Crippen molar-refractivity contribution in [2.45, 2.75) is 32.4 Å². The molecule has 0 aliphatic rings. The van der Waals surface area contributed by atoms with Gasteiger partial charge in [-0.2, -0.15) is 0 Å². The molecular formula is C17H22O4S2. The van der Waals surface area contributed by atoms with E-state index >= 15 is 0 Å². The van der Waals surface area contributed by atoms with Crippen LogP contribution >= 0.6 is 24.0 Å². The second-order valence-electron chi connectivity index (χ2n) is 5.09. The van der Waals surface area contributed by atoms with E-state index in [0.29, 0.717) is 23.0 Å². The van der Waals surface area contributed by atoms with Crippen molar-refractivity contribution >= 4 is 40.1 Å². The SMILES string of the molecule is CCOC(=S)SC(COC(C)=O)CC(C)C(=O)c1ccccc1. The average Bonchev–Trinajstić information content (AvgIpc) is 2.52. The predicted molar refractivity (Wildman–Crippen MR) is 96.8 cm³/mol. The molecule has 0 saturated carbocycles. The Labute approximate surface area is 146 Å². The van der Waals surface area contributed by atoms with Crippen molar-refractivity contribution in [1.82, 2.24) is 0 Å². The van der Waals surface area contributed by atoms with Gasteiger partial charge in [-0.15, -0.1) is 0 Å². The standard InChI is InChI=1S/C17H22O4S2/c1-4-20-17(22)23-15(11-21-13(3)18)10-12(2)16(19)14-8-6-5-7-9-14/h5-9,12,15H,4,10-11H2,1-3H3. The number of esters is 1. The number of ether oxygens (including phenoxy) is 2. The first kappa shape index (κ1) is 19.6. The van der Waals surface area contributed by atoms with E-state index in [1.165, 1.54) is 18.7 Å². The molecule has 1 rings (SSSR count). The summed E-state index contributed by atoms with van der Waals surface area (Å²) < 4.78 is 10.8. The largest absolute Gasteiger partial charge is 0.479 e. The maximum atomic E-state index is 12.4. The fourth-order valence-corrected chi connectivity index (χ4v) is 3.54. The van der Waals surface area contributed by atoms with Crippen molar-refractivity contribution in [3.05, 3.63) is 35.9 Å². The third kappa shape index (κ3) is 7.61. The van der Waals surface area contributed by atoms with Gasteiger partial charge in [0.25, 0.3) is 0 Å². The number of Topliss-reactive ketones (excluding diaryl/α,β-unsaturated/α-hetero) is 1. The van der Waals surface area contributed by atoms with E-state index in [2.05, 4.69) is 0 Å². The number of ketones is 1. The van der Waals surface area contributed by atoms with Gasteiger partial charge in [0.15, 0.2) is 5.78 Å². The molecule has 23 heavy (non-hydrogen) atoms. The molecule has 4 nitrogen and oxygen atoms in total. The maximum absolute atomic E-state index is 12.4. The summed E-state index contributed by atoms with van der Waals surface area (Å²) in [6.07, 6.45) is 0.554. The van der Waals surface area contributed by atoms with Crippen LogP contribution in [0.25, 0.3) is 0 Å². The molecule has 1 aromatic rings. The van der Waals surface area contributed by atoms with Crippen molar-refractivity contribution in [2.75, 3.05) is 13.2 Å². The van der Waals surface area contributed by atoms with Gasteiger partial charge < -0.3 is 9.47 Å². The molecule has 0 amide bonds. The van der Waals surface area contributed by atoms with E-state index in [9.17, 15) is 9.59 Å². The van der Waals surface area contributed by atoms with Gasteiger partial charge in [0.05, 0.1) is 6.61 Å². The lowest BCUT2D eigenvalue weighted by Crippen LogP contribution is -2.23. The zero-order valence-electron chi connectivity index (χ0n) is 13.6. The Morgan fingerprint density at radius 3 is 2.43 bits per heavy atom. The zero-order valence-corrected chi connectivity index (χ0v) is 15.2. The normalized spacial score (nSPS) is 13.0. The molecule has 0 aromatic heterocycles. The van der Waals surface area contributed by atoms with Crippen LogP contribution in [0.3, 0.4) is 0 Å². The first-order valence-corrected chi connectivity index (χ1v) is 8.78. The lowest BCUT2D eigenvalue weighted by atomic mass is 9.95. The third-order valence-electron chi connectivity index (χ3n) is 3.12. The Kier molecular flexibility index (Phi) is 8.87. The Bertz CT molecular complexity index is 531. The van der Waals surface area contributed by atoms with Crippen LogP contribution in [-0.4, -0.2) is 34.6 Å². The molecule has 0 radical (unpaired) electrons. The number of carbonyl (C=O) groups is 2. The molecule has 0 N–H and O–H groups in total. The van der Waals surface area contributed by atoms with Crippen molar-refractivity contribution in [2.24, 2.45) is 5.92 Å². The molecular weight excluding hydrogens is 332 g/mol. The minimum absolute atomic E-state index is 0.0707. The van der Waals surface area contributed by atoms with Gasteiger partial charge in [-0.1, -0.05) is 49.0 Å². The van der Waals surface area contributed by atoms with Gasteiger partial charge >= 0.3 is 5.97 Å². The lowest BCUT2D eigenvalue weighted by molar-refractivity contribution is -0.140. The summed E-state index contributed by atoms with van der Waals surface area (Å²) in [5, 5.41) is -0.111. The molecule has 0 bridgehead atoms. The Hall–Kier alpha value is -1.40. The highest BCUT2D eigenvalue weighted by atomic mass is 32.2. The minimum Gasteiger partial charge on any atom is -0.479 e. The highest BCUT2D eigenvalue weighted by Crippen LogP contribution is 2.24. The first-order chi connectivity index (χ1) is 10.9. The second kappa shape index (κ2) is 10.4. The van der Waals surface area contributed by atoms with Crippen LogP contribution in [0.15, 0.2) is 30.3 Å². The number of hydrogen-bond acceptors (Lipinski definition) is 6. The summed E-state index contributed by atoms with van der Waals surface area (Å²) in [6.45, 7) is 5.79. The quantitative estimate of drug-likeness (QED) is 0.401. The molecule has 126 valence electrons. The Morgan fingerprint density at radius 1 is 1.22 bits per heavy atom. The van der Waals surface area contributed by atoms with Gasteiger partial charge in [0, 0.05) is 23.7 Å². The van der Waals surface area contributed by atoms with Crippen molar-refractivity contribution in [1.29, 1.82) is 0 Å². The molecule has 0 heterocycles. The third-order valence-corrected chi connectivity index (χ3v) is 4.50. The number of thiocarbonyl (C=S) groups is 1. The molecule has 6 heteroatoms. The van der Waals surface area contributed by atoms with Gasteiger partial charge in [0.2, 0.25) is 4.38 Å². The van der Waals surface area contributed by atoms with E-state index < -0.39 is 0 Å². The predicted octanol–water partition coefficient (Wildman–Crippen LogP) is 3.88. The maximum Gasteiger partial charge on any atom is 0.302 e. The molecule has 1 aromatic carbocycles. The summed E-state index contributed by atoms with van der Waals surface area (Å²) in [5.74, 6) is -0.476. The second-order valence-corrected chi connectivity index (χ2v) is 6.99. The lowest BCUT2D eigenvalue weighted by Gasteiger charge is -2.20. The highest BCUT2D eigenvalue weighted by Gasteiger charge is 2.23. The smallest absolute Gasteiger partial charge is 0.302 e. The molecule has 0 fully saturated rings. The van der Waals surface area contributed by atoms with Crippen molar-refractivity contribution < 1.29 is 19.1 Å². The van der Waals surface area contributed by atoms with E-state index in [-0.39, 0.29) is 29.5 Å².